The van der Waals surface area contributed by atoms with Crippen LogP contribution in [0.5, 0.6) is 23.0 Å². The van der Waals surface area contributed by atoms with Gasteiger partial charge in [0, 0.05) is 18.7 Å². The summed E-state index contributed by atoms with van der Waals surface area (Å²) in [7, 11) is 3.20. The molecule has 1 heterocycles. The first kappa shape index (κ1) is 25.1. The van der Waals surface area contributed by atoms with Crippen LogP contribution >= 0.6 is 0 Å². The number of methoxy groups -OCH3 is 2. The van der Waals surface area contributed by atoms with E-state index in [1.807, 2.05) is 37.3 Å². The van der Waals surface area contributed by atoms with Crippen LogP contribution < -0.4 is 18.9 Å². The number of ether oxygens (including phenoxy) is 4. The molecule has 182 valence electrons. The summed E-state index contributed by atoms with van der Waals surface area (Å²) in [6.07, 6.45) is 1.60. The van der Waals surface area contributed by atoms with Gasteiger partial charge in [-0.15, -0.1) is 0 Å². The first-order chi connectivity index (χ1) is 16.6. The van der Waals surface area contributed by atoms with Crippen LogP contribution in [0, 0.1) is 0 Å². The predicted octanol–water partition coefficient (Wildman–Crippen LogP) is 3.95. The third-order valence-corrected chi connectivity index (χ3v) is 5.12. The van der Waals surface area contributed by atoms with Gasteiger partial charge in [-0.25, -0.2) is 0 Å². The zero-order valence-corrected chi connectivity index (χ0v) is 19.7. The Morgan fingerprint density at radius 2 is 1.76 bits per heavy atom. The van der Waals surface area contributed by atoms with E-state index in [-0.39, 0.29) is 6.61 Å². The number of hydrogen-bond acceptors (Lipinski definition) is 8. The van der Waals surface area contributed by atoms with Crippen molar-refractivity contribution in [3.05, 3.63) is 71.7 Å². The Morgan fingerprint density at radius 3 is 2.44 bits per heavy atom. The maximum atomic E-state index is 11.1. The largest absolute Gasteiger partial charge is 0.493 e. The molecule has 0 aliphatic heterocycles. The summed E-state index contributed by atoms with van der Waals surface area (Å²) >= 11 is 0. The van der Waals surface area contributed by atoms with Crippen molar-refractivity contribution in [3.63, 3.8) is 0 Å². The Hall–Kier alpha value is -3.49. The number of benzene rings is 2. The summed E-state index contributed by atoms with van der Waals surface area (Å²) in [5.41, 5.74) is 1.50. The van der Waals surface area contributed by atoms with E-state index in [2.05, 4.69) is 4.90 Å². The van der Waals surface area contributed by atoms with Gasteiger partial charge in [0.2, 0.25) is 0 Å². The van der Waals surface area contributed by atoms with Crippen molar-refractivity contribution in [2.24, 2.45) is 0 Å². The van der Waals surface area contributed by atoms with Crippen molar-refractivity contribution in [1.29, 1.82) is 0 Å². The van der Waals surface area contributed by atoms with E-state index in [1.165, 1.54) is 0 Å². The maximum absolute atomic E-state index is 11.1. The summed E-state index contributed by atoms with van der Waals surface area (Å²) in [5.74, 6) is 3.03. The molecule has 3 rings (SSSR count). The van der Waals surface area contributed by atoms with Gasteiger partial charge >= 0.3 is 0 Å². The number of nitrogens with zero attached hydrogens (tertiary/aromatic N) is 1. The Kier molecular flexibility index (Phi) is 9.37. The van der Waals surface area contributed by atoms with Gasteiger partial charge in [0.15, 0.2) is 23.0 Å². The molecule has 0 amide bonds. The van der Waals surface area contributed by atoms with Crippen LogP contribution in [0.3, 0.4) is 0 Å². The van der Waals surface area contributed by atoms with E-state index in [1.54, 1.807) is 38.7 Å². The van der Waals surface area contributed by atoms with Crippen LogP contribution in [0.25, 0.3) is 0 Å². The van der Waals surface area contributed by atoms with Crippen molar-refractivity contribution >= 4 is 6.29 Å². The number of hydrogen-bond donors (Lipinski definition) is 1. The lowest BCUT2D eigenvalue weighted by atomic mass is 10.1. The second kappa shape index (κ2) is 12.7. The number of aldehydes is 1. The molecule has 0 saturated carbocycles. The summed E-state index contributed by atoms with van der Waals surface area (Å²) in [6.45, 7) is 3.75. The molecular weight excluding hydrogens is 438 g/mol. The molecule has 1 aromatic heterocycles. The van der Waals surface area contributed by atoms with Crippen molar-refractivity contribution in [1.82, 2.24) is 4.90 Å². The average Bonchev–Trinajstić information content (AvgIpc) is 3.36. The Balaban J connectivity index is 1.68. The molecule has 0 spiro atoms. The van der Waals surface area contributed by atoms with E-state index < -0.39 is 6.10 Å². The molecule has 0 saturated heterocycles. The third kappa shape index (κ3) is 7.00. The first-order valence-corrected chi connectivity index (χ1v) is 11.0. The van der Waals surface area contributed by atoms with Crippen LogP contribution in [0.15, 0.2) is 59.2 Å². The third-order valence-electron chi connectivity index (χ3n) is 5.12. The molecule has 0 aliphatic carbocycles. The van der Waals surface area contributed by atoms with E-state index in [0.717, 1.165) is 17.6 Å². The van der Waals surface area contributed by atoms with Crippen LogP contribution in [-0.4, -0.2) is 56.4 Å². The molecule has 1 N–H and O–H groups in total. The van der Waals surface area contributed by atoms with Gasteiger partial charge in [0.1, 0.15) is 24.8 Å². The lowest BCUT2D eigenvalue weighted by Gasteiger charge is -2.25. The first-order valence-electron chi connectivity index (χ1n) is 11.0. The minimum Gasteiger partial charge on any atom is -0.493 e. The maximum Gasteiger partial charge on any atom is 0.161 e. The molecule has 34 heavy (non-hydrogen) atoms. The van der Waals surface area contributed by atoms with Crippen LogP contribution in [0.2, 0.25) is 0 Å². The number of furan rings is 1. The molecule has 1 atom stereocenters. The average molecular weight is 470 g/mol. The fraction of sp³-hybridized carbons (Fsp3) is 0.346. The lowest BCUT2D eigenvalue weighted by molar-refractivity contribution is 0.0593. The lowest BCUT2D eigenvalue weighted by Crippen LogP contribution is -2.35. The molecule has 0 radical (unpaired) electrons. The normalized spacial score (nSPS) is 11.8. The van der Waals surface area contributed by atoms with E-state index in [9.17, 15) is 9.90 Å². The van der Waals surface area contributed by atoms with Gasteiger partial charge in [0.25, 0.3) is 0 Å². The van der Waals surface area contributed by atoms with E-state index >= 15 is 0 Å². The molecule has 0 aliphatic rings. The second-order valence-corrected chi connectivity index (χ2v) is 7.66. The Labute approximate surface area is 199 Å². The molecular formula is C26H31NO7. The van der Waals surface area contributed by atoms with Gasteiger partial charge in [-0.3, -0.25) is 9.69 Å². The fourth-order valence-electron chi connectivity index (χ4n) is 3.57. The van der Waals surface area contributed by atoms with Gasteiger partial charge in [-0.2, -0.15) is 0 Å². The summed E-state index contributed by atoms with van der Waals surface area (Å²) < 4.78 is 27.7. The summed E-state index contributed by atoms with van der Waals surface area (Å²) in [4.78, 5) is 13.1. The van der Waals surface area contributed by atoms with Crippen molar-refractivity contribution in [3.8, 4) is 23.0 Å². The fourth-order valence-corrected chi connectivity index (χ4v) is 3.57. The second-order valence-electron chi connectivity index (χ2n) is 7.66. The molecule has 8 heteroatoms. The minimum atomic E-state index is -0.782. The molecule has 1 unspecified atom stereocenters. The van der Waals surface area contributed by atoms with Crippen molar-refractivity contribution in [2.45, 2.75) is 26.1 Å². The van der Waals surface area contributed by atoms with E-state index in [4.69, 9.17) is 23.4 Å². The van der Waals surface area contributed by atoms with Gasteiger partial charge in [0.05, 0.1) is 33.6 Å². The summed E-state index contributed by atoms with van der Waals surface area (Å²) in [6, 6.07) is 14.4. The van der Waals surface area contributed by atoms with Gasteiger partial charge in [-0.1, -0.05) is 6.07 Å². The molecule has 8 nitrogen and oxygen atoms in total. The van der Waals surface area contributed by atoms with Gasteiger partial charge < -0.3 is 28.5 Å². The van der Waals surface area contributed by atoms with Crippen LogP contribution in [-0.2, 0) is 13.1 Å². The topological polar surface area (TPSA) is 90.6 Å². The highest BCUT2D eigenvalue weighted by Crippen LogP contribution is 2.29. The van der Waals surface area contributed by atoms with Crippen LogP contribution in [0.1, 0.15) is 28.6 Å². The SMILES string of the molecule is CCOc1cc(C=O)ccc1OCC(O)CN(Cc1ccc(OC)c(OC)c1)Cc1ccco1. The number of aliphatic hydroxyl groups is 1. The van der Waals surface area contributed by atoms with Crippen LogP contribution in [0.4, 0.5) is 0 Å². The quantitative estimate of drug-likeness (QED) is 0.355. The minimum absolute atomic E-state index is 0.0566. The number of rotatable bonds is 14. The number of carbonyl (C=O) groups is 1. The zero-order chi connectivity index (χ0) is 24.3. The molecule has 3 aromatic rings. The highest BCUT2D eigenvalue weighted by atomic mass is 16.5. The number of carbonyl (C=O) groups excluding carboxylic acids is 1. The summed E-state index contributed by atoms with van der Waals surface area (Å²) in [5, 5.41) is 10.8. The smallest absolute Gasteiger partial charge is 0.161 e. The van der Waals surface area contributed by atoms with Crippen molar-refractivity contribution in [2.75, 3.05) is 34.0 Å². The van der Waals surface area contributed by atoms with E-state index in [0.29, 0.717) is 54.8 Å². The van der Waals surface area contributed by atoms with Gasteiger partial charge in [-0.05, 0) is 55.0 Å². The molecule has 0 fully saturated rings. The standard InChI is InChI=1S/C26H31NO7/c1-4-32-26-13-20(17-28)8-10-24(26)34-18-21(29)15-27(16-22-6-5-11-33-22)14-19-7-9-23(30-2)25(12-19)31-3/h5-13,17,21,29H,4,14-16,18H2,1-3H3. The predicted molar refractivity (Wildman–Crippen MR) is 127 cm³/mol. The van der Waals surface area contributed by atoms with Crippen molar-refractivity contribution < 1.29 is 33.3 Å². The highest BCUT2D eigenvalue weighted by molar-refractivity contribution is 5.76. The molecule has 2 aromatic carbocycles. The Morgan fingerprint density at radius 1 is 0.971 bits per heavy atom. The zero-order valence-electron chi connectivity index (χ0n) is 19.7. The highest BCUT2D eigenvalue weighted by Gasteiger charge is 2.17. The molecule has 0 bridgehead atoms. The Bertz CT molecular complexity index is 1040. The number of aliphatic hydroxyl groups excluding tert-OH is 1. The monoisotopic (exact) mass is 469 g/mol.